The van der Waals surface area contributed by atoms with Crippen molar-refractivity contribution >= 4 is 22.4 Å². The van der Waals surface area contributed by atoms with Gasteiger partial charge in [-0.05, 0) is 30.2 Å². The molecule has 1 N–H and O–H groups in total. The average molecular weight is 328 g/mol. The number of carbonyl (C=O) groups is 1. The molecule has 1 atom stereocenters. The second kappa shape index (κ2) is 7.26. The second-order valence-electron chi connectivity index (χ2n) is 6.64. The van der Waals surface area contributed by atoms with Gasteiger partial charge in [-0.3, -0.25) is 4.79 Å². The monoisotopic (exact) mass is 328 g/mol. The fourth-order valence-electron chi connectivity index (χ4n) is 3.38. The molecule has 0 spiro atoms. The van der Waals surface area contributed by atoms with E-state index in [1.54, 1.807) is 11.3 Å². The molecule has 2 aromatic rings. The van der Waals surface area contributed by atoms with Crippen LogP contribution in [0.5, 0.6) is 0 Å². The van der Waals surface area contributed by atoms with Crippen LogP contribution in [0, 0.1) is 5.92 Å². The van der Waals surface area contributed by atoms with E-state index in [9.17, 15) is 4.79 Å². The molecule has 1 aliphatic carbocycles. The molecule has 23 heavy (non-hydrogen) atoms. The van der Waals surface area contributed by atoms with Crippen LogP contribution in [0.25, 0.3) is 0 Å². The van der Waals surface area contributed by atoms with Gasteiger partial charge >= 0.3 is 0 Å². The van der Waals surface area contributed by atoms with E-state index < -0.39 is 0 Å². The maximum atomic E-state index is 12.9. The number of rotatable bonds is 5. The third kappa shape index (κ3) is 3.81. The Bertz CT molecular complexity index is 644. The molecule has 0 bridgehead atoms. The number of nitrogens with one attached hydrogen (secondary N) is 1. The Morgan fingerprint density at radius 1 is 1.22 bits per heavy atom. The lowest BCUT2D eigenvalue weighted by molar-refractivity contribution is -0.118. The van der Waals surface area contributed by atoms with Gasteiger partial charge in [-0.15, -0.1) is 11.3 Å². The topological polar surface area (TPSA) is 42.0 Å². The van der Waals surface area contributed by atoms with E-state index >= 15 is 0 Å². The van der Waals surface area contributed by atoms with Gasteiger partial charge in [0.05, 0.1) is 5.92 Å². The highest BCUT2D eigenvalue weighted by atomic mass is 32.1. The molecule has 1 unspecified atom stereocenters. The molecule has 1 heterocycles. The Morgan fingerprint density at radius 2 is 1.91 bits per heavy atom. The third-order valence-corrected chi connectivity index (χ3v) is 5.85. The second-order valence-corrected chi connectivity index (χ2v) is 7.71. The molecule has 0 aliphatic heterocycles. The fraction of sp³-hybridized carbons (Fsp3) is 0.474. The number of nitrogens with zero attached hydrogens (tertiary/aromatic N) is 1. The van der Waals surface area contributed by atoms with Gasteiger partial charge in [0.25, 0.3) is 0 Å². The quantitative estimate of drug-likeness (QED) is 0.822. The van der Waals surface area contributed by atoms with Crippen LogP contribution < -0.4 is 5.32 Å². The van der Waals surface area contributed by atoms with Crippen molar-refractivity contribution in [2.24, 2.45) is 5.92 Å². The highest BCUT2D eigenvalue weighted by Gasteiger charge is 2.32. The Labute approximate surface area is 142 Å². The molecule has 1 amide bonds. The SMILES string of the molecule is CC(C)c1cnc(NC(=O)C(c2ccccc2)C2CCCC2)s1. The van der Waals surface area contributed by atoms with Gasteiger partial charge in [-0.1, -0.05) is 57.0 Å². The summed E-state index contributed by atoms with van der Waals surface area (Å²) < 4.78 is 0. The standard InChI is InChI=1S/C19H24N2OS/c1-13(2)16-12-20-19(23-16)21-18(22)17(15-10-6-7-11-15)14-8-4-3-5-9-14/h3-5,8-9,12-13,15,17H,6-7,10-11H2,1-2H3,(H,20,21,22). The van der Waals surface area contributed by atoms with Crippen LogP contribution in [0.1, 0.15) is 61.8 Å². The molecule has 0 radical (unpaired) electrons. The van der Waals surface area contributed by atoms with Crippen LogP contribution >= 0.6 is 11.3 Å². The molecule has 1 aliphatic rings. The maximum Gasteiger partial charge on any atom is 0.233 e. The van der Waals surface area contributed by atoms with Crippen LogP contribution in [0.2, 0.25) is 0 Å². The van der Waals surface area contributed by atoms with Crippen molar-refractivity contribution in [3.05, 3.63) is 47.0 Å². The molecule has 3 rings (SSSR count). The number of anilines is 1. The molecule has 1 fully saturated rings. The number of thiazole rings is 1. The summed E-state index contributed by atoms with van der Waals surface area (Å²) in [5.41, 5.74) is 1.12. The zero-order chi connectivity index (χ0) is 16.2. The number of hydrogen-bond acceptors (Lipinski definition) is 3. The van der Waals surface area contributed by atoms with Gasteiger partial charge in [0.2, 0.25) is 5.91 Å². The number of hydrogen-bond donors (Lipinski definition) is 1. The lowest BCUT2D eigenvalue weighted by atomic mass is 9.84. The summed E-state index contributed by atoms with van der Waals surface area (Å²) in [6.07, 6.45) is 6.62. The summed E-state index contributed by atoms with van der Waals surface area (Å²) in [4.78, 5) is 18.5. The van der Waals surface area contributed by atoms with Gasteiger partial charge in [0.15, 0.2) is 5.13 Å². The first kappa shape index (κ1) is 16.2. The largest absolute Gasteiger partial charge is 0.301 e. The van der Waals surface area contributed by atoms with Gasteiger partial charge in [-0.25, -0.2) is 4.98 Å². The van der Waals surface area contributed by atoms with Crippen LogP contribution in [-0.4, -0.2) is 10.9 Å². The van der Waals surface area contributed by atoms with Crippen LogP contribution in [0.4, 0.5) is 5.13 Å². The molecular formula is C19H24N2OS. The van der Waals surface area contributed by atoms with Crippen molar-refractivity contribution in [3.8, 4) is 0 Å². The Balaban J connectivity index is 1.79. The molecule has 1 saturated carbocycles. The summed E-state index contributed by atoms with van der Waals surface area (Å²) in [6, 6.07) is 10.2. The van der Waals surface area contributed by atoms with Gasteiger partial charge in [0.1, 0.15) is 0 Å². The lowest BCUT2D eigenvalue weighted by Crippen LogP contribution is -2.26. The van der Waals surface area contributed by atoms with E-state index in [1.165, 1.54) is 17.7 Å². The zero-order valence-electron chi connectivity index (χ0n) is 13.8. The number of amides is 1. The van der Waals surface area contributed by atoms with E-state index in [4.69, 9.17) is 0 Å². The number of carbonyl (C=O) groups excluding carboxylic acids is 1. The van der Waals surface area contributed by atoms with E-state index in [0.29, 0.717) is 11.8 Å². The van der Waals surface area contributed by atoms with Gasteiger partial charge in [0, 0.05) is 11.1 Å². The van der Waals surface area contributed by atoms with E-state index in [-0.39, 0.29) is 11.8 Å². The minimum Gasteiger partial charge on any atom is -0.301 e. The highest BCUT2D eigenvalue weighted by molar-refractivity contribution is 7.15. The normalized spacial score (nSPS) is 16.7. The van der Waals surface area contributed by atoms with E-state index in [1.807, 2.05) is 24.4 Å². The third-order valence-electron chi connectivity index (χ3n) is 4.64. The Morgan fingerprint density at radius 3 is 2.52 bits per heavy atom. The predicted octanol–water partition coefficient (Wildman–Crippen LogP) is 5.18. The first-order valence-electron chi connectivity index (χ1n) is 8.46. The highest BCUT2D eigenvalue weighted by Crippen LogP contribution is 2.38. The molecule has 1 aromatic heterocycles. The van der Waals surface area contributed by atoms with Gasteiger partial charge in [-0.2, -0.15) is 0 Å². The average Bonchev–Trinajstić information content (AvgIpc) is 3.20. The van der Waals surface area contributed by atoms with E-state index in [0.717, 1.165) is 23.5 Å². The molecular weight excluding hydrogens is 304 g/mol. The zero-order valence-corrected chi connectivity index (χ0v) is 14.6. The number of benzene rings is 1. The van der Waals surface area contributed by atoms with Crippen molar-refractivity contribution < 1.29 is 4.79 Å². The minimum absolute atomic E-state index is 0.0647. The molecule has 122 valence electrons. The maximum absolute atomic E-state index is 12.9. The first-order valence-corrected chi connectivity index (χ1v) is 9.28. The molecule has 0 saturated heterocycles. The lowest BCUT2D eigenvalue weighted by Gasteiger charge is -2.22. The first-order chi connectivity index (χ1) is 11.1. The summed E-state index contributed by atoms with van der Waals surface area (Å²) in [5.74, 6) is 0.915. The van der Waals surface area contributed by atoms with Gasteiger partial charge < -0.3 is 5.32 Å². The van der Waals surface area contributed by atoms with Crippen LogP contribution in [0.3, 0.4) is 0 Å². The Kier molecular flexibility index (Phi) is 5.11. The fourth-order valence-corrected chi connectivity index (χ4v) is 4.20. The Hall–Kier alpha value is -1.68. The van der Waals surface area contributed by atoms with Crippen molar-refractivity contribution in [2.75, 3.05) is 5.32 Å². The van der Waals surface area contributed by atoms with Crippen LogP contribution in [-0.2, 0) is 4.79 Å². The summed E-state index contributed by atoms with van der Waals surface area (Å²) in [6.45, 7) is 4.29. The predicted molar refractivity (Wildman–Crippen MR) is 96.0 cm³/mol. The van der Waals surface area contributed by atoms with Crippen LogP contribution in [0.15, 0.2) is 36.5 Å². The van der Waals surface area contributed by atoms with Crippen molar-refractivity contribution in [1.29, 1.82) is 0 Å². The summed E-state index contributed by atoms with van der Waals surface area (Å²) in [5, 5.41) is 3.78. The number of aromatic nitrogens is 1. The smallest absolute Gasteiger partial charge is 0.233 e. The molecule has 1 aromatic carbocycles. The van der Waals surface area contributed by atoms with E-state index in [2.05, 4.69) is 36.3 Å². The molecule has 4 heteroatoms. The summed E-state index contributed by atoms with van der Waals surface area (Å²) in [7, 11) is 0. The van der Waals surface area contributed by atoms with Crippen molar-refractivity contribution in [1.82, 2.24) is 4.98 Å². The summed E-state index contributed by atoms with van der Waals surface area (Å²) >= 11 is 1.58. The van der Waals surface area contributed by atoms with Crippen molar-refractivity contribution in [3.63, 3.8) is 0 Å². The van der Waals surface area contributed by atoms with Crippen molar-refractivity contribution in [2.45, 2.75) is 51.4 Å². The minimum atomic E-state index is -0.0647. The molecule has 3 nitrogen and oxygen atoms in total.